The first kappa shape index (κ1) is 18.7. The standard InChI is InChI=1S/C20H28N2O4S/c1-26-19-8-7-16(13-17(19)20(23)22-9-3-2-4-10-22)27(24,25)21-18-12-14-5-6-15(18)11-14/h7-8,13-15,18,21H,2-6,9-12H2,1H3/t14-,15-,18+/m0/s1. The zero-order chi connectivity index (χ0) is 19.0. The summed E-state index contributed by atoms with van der Waals surface area (Å²) in [6.45, 7) is 1.42. The molecule has 1 aliphatic heterocycles. The molecule has 1 aromatic rings. The van der Waals surface area contributed by atoms with Crippen molar-refractivity contribution in [1.29, 1.82) is 0 Å². The van der Waals surface area contributed by atoms with Crippen molar-refractivity contribution in [3.63, 3.8) is 0 Å². The second-order valence-electron chi connectivity index (χ2n) is 8.12. The number of fused-ring (bicyclic) bond motifs is 2. The van der Waals surface area contributed by atoms with E-state index in [1.165, 1.54) is 25.7 Å². The van der Waals surface area contributed by atoms with E-state index in [0.29, 0.717) is 36.2 Å². The van der Waals surface area contributed by atoms with Crippen LogP contribution in [0, 0.1) is 11.8 Å². The third-order valence-corrected chi connectivity index (χ3v) is 7.89. The normalized spacial score (nSPS) is 27.7. The molecule has 1 heterocycles. The fourth-order valence-electron chi connectivity index (χ4n) is 4.95. The van der Waals surface area contributed by atoms with Gasteiger partial charge in [-0.1, -0.05) is 6.42 Å². The van der Waals surface area contributed by atoms with Crippen LogP contribution in [0.25, 0.3) is 0 Å². The number of rotatable bonds is 5. The van der Waals surface area contributed by atoms with E-state index in [-0.39, 0.29) is 16.8 Å². The third kappa shape index (κ3) is 3.72. The number of sulfonamides is 1. The lowest BCUT2D eigenvalue weighted by atomic mass is 9.96. The Morgan fingerprint density at radius 3 is 2.56 bits per heavy atom. The van der Waals surface area contributed by atoms with Gasteiger partial charge in [-0.3, -0.25) is 4.79 Å². The van der Waals surface area contributed by atoms with Crippen LogP contribution in [0.4, 0.5) is 0 Å². The van der Waals surface area contributed by atoms with Crippen LogP contribution in [0.3, 0.4) is 0 Å². The van der Waals surface area contributed by atoms with E-state index < -0.39 is 10.0 Å². The molecule has 2 aliphatic carbocycles. The van der Waals surface area contributed by atoms with Gasteiger partial charge in [-0.05, 0) is 68.6 Å². The number of nitrogens with zero attached hydrogens (tertiary/aromatic N) is 1. The van der Waals surface area contributed by atoms with Gasteiger partial charge in [-0.25, -0.2) is 13.1 Å². The number of piperidine rings is 1. The summed E-state index contributed by atoms with van der Waals surface area (Å²) in [6, 6.07) is 4.62. The van der Waals surface area contributed by atoms with Gasteiger partial charge in [-0.15, -0.1) is 0 Å². The van der Waals surface area contributed by atoms with E-state index in [2.05, 4.69) is 4.72 Å². The fourth-order valence-corrected chi connectivity index (χ4v) is 6.29. The van der Waals surface area contributed by atoms with Gasteiger partial charge in [0.25, 0.3) is 5.91 Å². The molecule has 0 aromatic heterocycles. The highest BCUT2D eigenvalue weighted by atomic mass is 32.2. The Morgan fingerprint density at radius 2 is 1.93 bits per heavy atom. The van der Waals surface area contributed by atoms with Gasteiger partial charge in [0.2, 0.25) is 10.0 Å². The summed E-state index contributed by atoms with van der Waals surface area (Å²) in [7, 11) is -2.15. The Hall–Kier alpha value is -1.60. The number of likely N-dealkylation sites (tertiary alicyclic amines) is 1. The zero-order valence-corrected chi connectivity index (χ0v) is 16.6. The Morgan fingerprint density at radius 1 is 1.15 bits per heavy atom. The molecule has 3 atom stereocenters. The van der Waals surface area contributed by atoms with E-state index in [0.717, 1.165) is 38.5 Å². The second kappa shape index (κ2) is 7.43. The first-order valence-electron chi connectivity index (χ1n) is 9.97. The topological polar surface area (TPSA) is 75.7 Å². The van der Waals surface area contributed by atoms with E-state index in [1.54, 1.807) is 11.0 Å². The molecule has 148 valence electrons. The molecule has 0 spiro atoms. The second-order valence-corrected chi connectivity index (χ2v) is 9.83. The number of benzene rings is 1. The number of methoxy groups -OCH3 is 1. The van der Waals surface area contributed by atoms with Crippen molar-refractivity contribution in [1.82, 2.24) is 9.62 Å². The van der Waals surface area contributed by atoms with Crippen LogP contribution in [0.5, 0.6) is 5.75 Å². The highest BCUT2D eigenvalue weighted by molar-refractivity contribution is 7.89. The first-order chi connectivity index (χ1) is 13.0. The molecule has 2 saturated carbocycles. The lowest BCUT2D eigenvalue weighted by molar-refractivity contribution is 0.0720. The summed E-state index contributed by atoms with van der Waals surface area (Å²) in [5.41, 5.74) is 0.329. The molecule has 1 amide bonds. The van der Waals surface area contributed by atoms with Crippen LogP contribution >= 0.6 is 0 Å². The quantitative estimate of drug-likeness (QED) is 0.836. The Labute approximate surface area is 161 Å². The molecule has 0 unspecified atom stereocenters. The van der Waals surface area contributed by atoms with Crippen LogP contribution in [0.15, 0.2) is 23.1 Å². The maximum atomic E-state index is 12.9. The number of ether oxygens (including phenoxy) is 1. The summed E-state index contributed by atoms with van der Waals surface area (Å²) >= 11 is 0. The molecule has 7 heteroatoms. The largest absolute Gasteiger partial charge is 0.496 e. The first-order valence-corrected chi connectivity index (χ1v) is 11.5. The molecule has 1 saturated heterocycles. The Bertz CT molecular complexity index is 817. The van der Waals surface area contributed by atoms with Gasteiger partial charge in [0.1, 0.15) is 5.75 Å². The van der Waals surface area contributed by atoms with Crippen molar-refractivity contribution in [3.8, 4) is 5.75 Å². The van der Waals surface area contributed by atoms with Gasteiger partial charge >= 0.3 is 0 Å². The third-order valence-electron chi connectivity index (χ3n) is 6.40. The smallest absolute Gasteiger partial charge is 0.257 e. The molecule has 27 heavy (non-hydrogen) atoms. The number of hydrogen-bond donors (Lipinski definition) is 1. The summed E-state index contributed by atoms with van der Waals surface area (Å²) in [5, 5.41) is 0. The summed E-state index contributed by atoms with van der Waals surface area (Å²) in [5.74, 6) is 1.39. The van der Waals surface area contributed by atoms with E-state index >= 15 is 0 Å². The molecule has 6 nitrogen and oxygen atoms in total. The monoisotopic (exact) mass is 392 g/mol. The average Bonchev–Trinajstić information content (AvgIpc) is 3.30. The Kier molecular flexibility index (Phi) is 5.16. The SMILES string of the molecule is COc1ccc(S(=O)(=O)N[C@@H]2C[C@H]3CC[C@H]2C3)cc1C(=O)N1CCCCC1. The van der Waals surface area contributed by atoms with Gasteiger partial charge in [0.05, 0.1) is 17.6 Å². The molecule has 4 rings (SSSR count). The molecular weight excluding hydrogens is 364 g/mol. The molecule has 0 radical (unpaired) electrons. The van der Waals surface area contributed by atoms with Crippen LogP contribution in [-0.2, 0) is 10.0 Å². The molecule has 1 aromatic carbocycles. The van der Waals surface area contributed by atoms with E-state index in [4.69, 9.17) is 4.74 Å². The van der Waals surface area contributed by atoms with Gasteiger partial charge < -0.3 is 9.64 Å². The lowest BCUT2D eigenvalue weighted by Gasteiger charge is -2.27. The summed E-state index contributed by atoms with van der Waals surface area (Å²) < 4.78 is 34.1. The minimum Gasteiger partial charge on any atom is -0.496 e. The molecule has 3 fully saturated rings. The predicted molar refractivity (Wildman–Crippen MR) is 102 cm³/mol. The number of nitrogens with one attached hydrogen (secondary N) is 1. The van der Waals surface area contributed by atoms with E-state index in [9.17, 15) is 13.2 Å². The van der Waals surface area contributed by atoms with Gasteiger partial charge in [0, 0.05) is 19.1 Å². The van der Waals surface area contributed by atoms with Gasteiger partial charge in [0.15, 0.2) is 0 Å². The fraction of sp³-hybridized carbons (Fsp3) is 0.650. The van der Waals surface area contributed by atoms with Crippen LogP contribution in [0.1, 0.15) is 55.3 Å². The summed E-state index contributed by atoms with van der Waals surface area (Å²) in [4.78, 5) is 14.9. The lowest BCUT2D eigenvalue weighted by Crippen LogP contribution is -2.38. The van der Waals surface area contributed by atoms with Crippen LogP contribution in [-0.4, -0.2) is 45.5 Å². The van der Waals surface area contributed by atoms with Gasteiger partial charge in [-0.2, -0.15) is 0 Å². The van der Waals surface area contributed by atoms with E-state index in [1.807, 2.05) is 0 Å². The average molecular weight is 393 g/mol. The van der Waals surface area contributed by atoms with Crippen molar-refractivity contribution in [2.75, 3.05) is 20.2 Å². The number of carbonyl (C=O) groups is 1. The summed E-state index contributed by atoms with van der Waals surface area (Å²) in [6.07, 6.45) is 7.49. The Balaban J connectivity index is 1.58. The highest BCUT2D eigenvalue weighted by Gasteiger charge is 2.41. The molecular formula is C20H28N2O4S. The van der Waals surface area contributed by atoms with Crippen molar-refractivity contribution in [2.24, 2.45) is 11.8 Å². The van der Waals surface area contributed by atoms with Crippen molar-refractivity contribution in [2.45, 2.75) is 55.9 Å². The minimum atomic E-state index is -3.65. The van der Waals surface area contributed by atoms with Crippen molar-refractivity contribution < 1.29 is 17.9 Å². The van der Waals surface area contributed by atoms with Crippen molar-refractivity contribution in [3.05, 3.63) is 23.8 Å². The highest BCUT2D eigenvalue weighted by Crippen LogP contribution is 2.44. The van der Waals surface area contributed by atoms with Crippen molar-refractivity contribution >= 4 is 15.9 Å². The molecule has 2 bridgehead atoms. The maximum absolute atomic E-state index is 12.9. The predicted octanol–water partition coefficient (Wildman–Crippen LogP) is 2.79. The number of amides is 1. The van der Waals surface area contributed by atoms with Crippen LogP contribution in [0.2, 0.25) is 0 Å². The maximum Gasteiger partial charge on any atom is 0.257 e. The van der Waals surface area contributed by atoms with Crippen LogP contribution < -0.4 is 9.46 Å². The zero-order valence-electron chi connectivity index (χ0n) is 15.8. The number of hydrogen-bond acceptors (Lipinski definition) is 4. The molecule has 1 N–H and O–H groups in total. The number of carbonyl (C=O) groups excluding carboxylic acids is 1. The minimum absolute atomic E-state index is 0.0251. The molecule has 3 aliphatic rings.